The number of nitrogens with one attached hydrogen (secondary N) is 1. The van der Waals surface area contributed by atoms with Gasteiger partial charge >= 0.3 is 18.2 Å². The molecule has 10 heteroatoms. The van der Waals surface area contributed by atoms with Gasteiger partial charge in [-0.15, -0.1) is 4.98 Å². The first-order valence-electron chi connectivity index (χ1n) is 5.49. The first kappa shape index (κ1) is 15.2. The molecular formula is C9H14F3N5O2. The number of hydrazine groups is 1. The molecule has 0 atom stereocenters. The number of hydrogen-bond acceptors (Lipinski definition) is 7. The first-order valence-corrected chi connectivity index (χ1v) is 5.49. The molecule has 1 aromatic heterocycles. The quantitative estimate of drug-likeness (QED) is 0.441. The van der Waals surface area contributed by atoms with E-state index in [1.807, 2.05) is 0 Å². The monoisotopic (exact) mass is 281 g/mol. The van der Waals surface area contributed by atoms with E-state index in [4.69, 9.17) is 15.3 Å². The van der Waals surface area contributed by atoms with Gasteiger partial charge in [-0.2, -0.15) is 23.1 Å². The lowest BCUT2D eigenvalue weighted by molar-refractivity contribution is -0.136. The predicted octanol–water partition coefficient (Wildman–Crippen LogP) is 1.28. The van der Waals surface area contributed by atoms with Gasteiger partial charge in [0.2, 0.25) is 5.95 Å². The molecule has 0 saturated carbocycles. The van der Waals surface area contributed by atoms with Crippen molar-refractivity contribution < 1.29 is 22.6 Å². The van der Waals surface area contributed by atoms with Crippen LogP contribution in [0.3, 0.4) is 0 Å². The SMILES string of the molecule is CCOc1nc(NN)nc(OCCCC(F)(F)F)n1. The fraction of sp³-hybridized carbons (Fsp3) is 0.667. The number of aromatic nitrogens is 3. The highest BCUT2D eigenvalue weighted by Gasteiger charge is 2.26. The zero-order valence-electron chi connectivity index (χ0n) is 10.2. The molecule has 0 saturated heterocycles. The lowest BCUT2D eigenvalue weighted by atomic mass is 10.3. The number of nitrogens with two attached hydrogens (primary N) is 1. The number of nitrogens with zero attached hydrogens (tertiary/aromatic N) is 3. The van der Waals surface area contributed by atoms with E-state index >= 15 is 0 Å². The summed E-state index contributed by atoms with van der Waals surface area (Å²) in [5.74, 6) is 5.14. The van der Waals surface area contributed by atoms with Gasteiger partial charge in [0.25, 0.3) is 0 Å². The largest absolute Gasteiger partial charge is 0.464 e. The van der Waals surface area contributed by atoms with Gasteiger partial charge in [-0.3, -0.25) is 5.43 Å². The van der Waals surface area contributed by atoms with Crippen LogP contribution in [-0.2, 0) is 0 Å². The molecule has 1 heterocycles. The zero-order chi connectivity index (χ0) is 14.3. The smallest absolute Gasteiger partial charge is 0.389 e. The number of hydrogen-bond donors (Lipinski definition) is 2. The van der Waals surface area contributed by atoms with Crippen LogP contribution in [0.15, 0.2) is 0 Å². The third kappa shape index (κ3) is 6.04. The molecule has 108 valence electrons. The first-order chi connectivity index (χ1) is 8.94. The molecule has 1 aromatic rings. The van der Waals surface area contributed by atoms with Crippen molar-refractivity contribution >= 4 is 5.95 Å². The highest BCUT2D eigenvalue weighted by molar-refractivity contribution is 5.25. The summed E-state index contributed by atoms with van der Waals surface area (Å²) in [7, 11) is 0. The van der Waals surface area contributed by atoms with Crippen molar-refractivity contribution in [3.8, 4) is 12.0 Å². The van der Waals surface area contributed by atoms with Gasteiger partial charge in [0.15, 0.2) is 0 Å². The van der Waals surface area contributed by atoms with Crippen molar-refractivity contribution in [1.82, 2.24) is 15.0 Å². The van der Waals surface area contributed by atoms with Crippen molar-refractivity contribution in [2.75, 3.05) is 18.6 Å². The average Bonchev–Trinajstić information content (AvgIpc) is 2.34. The van der Waals surface area contributed by atoms with Crippen molar-refractivity contribution in [3.63, 3.8) is 0 Å². The van der Waals surface area contributed by atoms with E-state index in [1.165, 1.54) is 0 Å². The van der Waals surface area contributed by atoms with Crippen molar-refractivity contribution in [1.29, 1.82) is 0 Å². The fourth-order valence-electron chi connectivity index (χ4n) is 1.10. The van der Waals surface area contributed by atoms with Crippen LogP contribution in [0, 0.1) is 0 Å². The van der Waals surface area contributed by atoms with E-state index in [-0.39, 0.29) is 31.0 Å². The molecule has 0 aliphatic rings. The Bertz CT molecular complexity index is 402. The molecular weight excluding hydrogens is 267 g/mol. The Kier molecular flexibility index (Phi) is 5.55. The predicted molar refractivity (Wildman–Crippen MR) is 59.6 cm³/mol. The second-order valence-electron chi connectivity index (χ2n) is 3.37. The van der Waals surface area contributed by atoms with E-state index in [1.54, 1.807) is 6.92 Å². The number of rotatable bonds is 7. The van der Waals surface area contributed by atoms with E-state index in [0.717, 1.165) is 0 Å². The lowest BCUT2D eigenvalue weighted by Crippen LogP contribution is -2.14. The van der Waals surface area contributed by atoms with Gasteiger partial charge < -0.3 is 9.47 Å². The minimum absolute atomic E-state index is 0.00395. The summed E-state index contributed by atoms with van der Waals surface area (Å²) >= 11 is 0. The Morgan fingerprint density at radius 2 is 1.79 bits per heavy atom. The van der Waals surface area contributed by atoms with E-state index in [2.05, 4.69) is 20.4 Å². The van der Waals surface area contributed by atoms with Crippen LogP contribution in [-0.4, -0.2) is 34.3 Å². The van der Waals surface area contributed by atoms with Crippen LogP contribution in [0.1, 0.15) is 19.8 Å². The topological polar surface area (TPSA) is 95.2 Å². The highest BCUT2D eigenvalue weighted by Crippen LogP contribution is 2.21. The Morgan fingerprint density at radius 1 is 1.16 bits per heavy atom. The highest BCUT2D eigenvalue weighted by atomic mass is 19.4. The molecule has 0 aliphatic heterocycles. The molecule has 1 rings (SSSR count). The summed E-state index contributed by atoms with van der Waals surface area (Å²) in [4.78, 5) is 11.3. The second kappa shape index (κ2) is 6.92. The molecule has 0 bridgehead atoms. The maximum absolute atomic E-state index is 11.9. The normalized spacial score (nSPS) is 11.2. The molecule has 0 fully saturated rings. The molecule has 0 unspecified atom stereocenters. The Labute approximate surface area is 107 Å². The summed E-state index contributed by atoms with van der Waals surface area (Å²) in [6, 6.07) is -0.162. The van der Waals surface area contributed by atoms with Crippen LogP contribution in [0.5, 0.6) is 12.0 Å². The van der Waals surface area contributed by atoms with Gasteiger partial charge in [0.05, 0.1) is 13.2 Å². The summed E-state index contributed by atoms with van der Waals surface area (Å²) in [5.41, 5.74) is 2.18. The maximum Gasteiger partial charge on any atom is 0.389 e. The number of nitrogen functional groups attached to an aromatic ring is 1. The van der Waals surface area contributed by atoms with Gasteiger partial charge in [-0.1, -0.05) is 0 Å². The number of ether oxygens (including phenoxy) is 2. The number of halogens is 3. The van der Waals surface area contributed by atoms with E-state index < -0.39 is 12.6 Å². The Morgan fingerprint density at radius 3 is 2.32 bits per heavy atom. The van der Waals surface area contributed by atoms with Gasteiger partial charge in [0.1, 0.15) is 0 Å². The van der Waals surface area contributed by atoms with Crippen LogP contribution in [0.25, 0.3) is 0 Å². The molecule has 0 amide bonds. The summed E-state index contributed by atoms with van der Waals surface area (Å²) in [6.07, 6.45) is -5.33. The third-order valence-corrected chi connectivity index (χ3v) is 1.83. The fourth-order valence-corrected chi connectivity index (χ4v) is 1.10. The second-order valence-corrected chi connectivity index (χ2v) is 3.37. The van der Waals surface area contributed by atoms with Crippen LogP contribution in [0.4, 0.5) is 19.1 Å². The molecule has 7 nitrogen and oxygen atoms in total. The van der Waals surface area contributed by atoms with Crippen LogP contribution < -0.4 is 20.7 Å². The van der Waals surface area contributed by atoms with Gasteiger partial charge in [-0.25, -0.2) is 5.84 Å². The molecule has 0 radical (unpaired) electrons. The van der Waals surface area contributed by atoms with Gasteiger partial charge in [0, 0.05) is 6.42 Å². The molecule has 19 heavy (non-hydrogen) atoms. The lowest BCUT2D eigenvalue weighted by Gasteiger charge is -2.08. The van der Waals surface area contributed by atoms with Crippen molar-refractivity contribution in [3.05, 3.63) is 0 Å². The Hall–Kier alpha value is -1.84. The van der Waals surface area contributed by atoms with Crippen molar-refractivity contribution in [2.24, 2.45) is 5.84 Å². The molecule has 0 aromatic carbocycles. The van der Waals surface area contributed by atoms with E-state index in [9.17, 15) is 13.2 Å². The minimum atomic E-state index is -4.21. The summed E-state index contributed by atoms with van der Waals surface area (Å²) < 4.78 is 45.8. The number of alkyl halides is 3. The third-order valence-electron chi connectivity index (χ3n) is 1.83. The number of anilines is 1. The summed E-state index contributed by atoms with van der Waals surface area (Å²) in [5, 5.41) is 0. The molecule has 0 spiro atoms. The van der Waals surface area contributed by atoms with Gasteiger partial charge in [-0.05, 0) is 13.3 Å². The zero-order valence-corrected chi connectivity index (χ0v) is 10.2. The summed E-state index contributed by atoms with van der Waals surface area (Å²) in [6.45, 7) is 1.88. The molecule has 0 aliphatic carbocycles. The standard InChI is InChI=1S/C9H14F3N5O2/c1-2-18-7-14-6(17-13)15-8(16-7)19-5-3-4-9(10,11)12/h2-5,13H2,1H3,(H,14,15,16,17). The Balaban J connectivity index is 2.54. The van der Waals surface area contributed by atoms with Crippen LogP contribution >= 0.6 is 0 Å². The molecule has 3 N–H and O–H groups in total. The average molecular weight is 281 g/mol. The van der Waals surface area contributed by atoms with Crippen molar-refractivity contribution in [2.45, 2.75) is 25.9 Å². The van der Waals surface area contributed by atoms with Crippen LogP contribution in [0.2, 0.25) is 0 Å². The maximum atomic E-state index is 11.9. The minimum Gasteiger partial charge on any atom is -0.464 e. The van der Waals surface area contributed by atoms with E-state index in [0.29, 0.717) is 6.61 Å².